The van der Waals surface area contributed by atoms with Crippen LogP contribution in [0, 0.1) is 0 Å². The molecule has 1 nitrogen and oxygen atoms in total. The lowest BCUT2D eigenvalue weighted by Gasteiger charge is -2.11. The lowest BCUT2D eigenvalue weighted by molar-refractivity contribution is -0.137. The van der Waals surface area contributed by atoms with Gasteiger partial charge in [-0.2, -0.15) is 13.2 Å². The summed E-state index contributed by atoms with van der Waals surface area (Å²) in [6.07, 6.45) is -4.42. The van der Waals surface area contributed by atoms with Crippen LogP contribution in [0.2, 0.25) is 9.36 Å². The van der Waals surface area contributed by atoms with Crippen molar-refractivity contribution in [2.75, 3.05) is 5.32 Å². The molecule has 1 N–H and O–H groups in total. The first-order valence-corrected chi connectivity index (χ1v) is 7.67. The zero-order valence-electron chi connectivity index (χ0n) is 9.69. The van der Waals surface area contributed by atoms with Gasteiger partial charge in [-0.25, -0.2) is 0 Å². The average molecular weight is 405 g/mol. The smallest absolute Gasteiger partial charge is 0.380 e. The van der Waals surface area contributed by atoms with Gasteiger partial charge in [0.05, 0.1) is 5.56 Å². The topological polar surface area (TPSA) is 12.0 Å². The third-order valence-corrected chi connectivity index (χ3v) is 5.08. The third kappa shape index (κ3) is 4.04. The molecule has 8 heteroatoms. The normalized spacial score (nSPS) is 11.7. The van der Waals surface area contributed by atoms with Gasteiger partial charge in [0.25, 0.3) is 0 Å². The van der Waals surface area contributed by atoms with Crippen LogP contribution in [0.25, 0.3) is 0 Å². The number of nitrogens with one attached hydrogen (secondary N) is 1. The van der Waals surface area contributed by atoms with E-state index in [1.165, 1.54) is 17.4 Å². The molecule has 1 heterocycles. The SMILES string of the molecule is FC(F)(F)c1cc(Cl)cc(NCc2cc(Br)c(Cl)s2)c1. The Balaban J connectivity index is 2.15. The van der Waals surface area contributed by atoms with E-state index in [1.54, 1.807) is 0 Å². The first-order valence-electron chi connectivity index (χ1n) is 5.31. The van der Waals surface area contributed by atoms with Crippen molar-refractivity contribution in [1.29, 1.82) is 0 Å². The van der Waals surface area contributed by atoms with Crippen molar-refractivity contribution in [3.63, 3.8) is 0 Å². The Bertz CT molecular complexity index is 608. The second kappa shape index (κ2) is 6.13. The van der Waals surface area contributed by atoms with Gasteiger partial charge in [0, 0.05) is 26.6 Å². The van der Waals surface area contributed by atoms with Gasteiger partial charge in [-0.3, -0.25) is 0 Å². The van der Waals surface area contributed by atoms with Crippen LogP contribution in [0.15, 0.2) is 28.7 Å². The van der Waals surface area contributed by atoms with Gasteiger partial charge >= 0.3 is 6.18 Å². The molecule has 0 aliphatic carbocycles. The lowest BCUT2D eigenvalue weighted by atomic mass is 10.2. The van der Waals surface area contributed by atoms with Crippen molar-refractivity contribution >= 4 is 56.2 Å². The largest absolute Gasteiger partial charge is 0.416 e. The molecule has 0 aliphatic rings. The molecule has 0 saturated heterocycles. The zero-order chi connectivity index (χ0) is 14.9. The van der Waals surface area contributed by atoms with E-state index in [4.69, 9.17) is 23.2 Å². The van der Waals surface area contributed by atoms with Crippen LogP contribution in [-0.4, -0.2) is 0 Å². The molecule has 0 amide bonds. The number of thiophene rings is 1. The molecule has 20 heavy (non-hydrogen) atoms. The molecule has 0 atom stereocenters. The summed E-state index contributed by atoms with van der Waals surface area (Å²) in [4.78, 5) is 0.899. The van der Waals surface area contributed by atoms with Crippen LogP contribution in [-0.2, 0) is 12.7 Å². The maximum atomic E-state index is 12.7. The van der Waals surface area contributed by atoms with Gasteiger partial charge in [-0.05, 0) is 40.2 Å². The zero-order valence-corrected chi connectivity index (χ0v) is 13.6. The highest BCUT2D eigenvalue weighted by Gasteiger charge is 2.31. The minimum Gasteiger partial charge on any atom is -0.380 e. The molecule has 2 aromatic rings. The summed E-state index contributed by atoms with van der Waals surface area (Å²) in [7, 11) is 0. The van der Waals surface area contributed by atoms with Crippen LogP contribution < -0.4 is 5.32 Å². The number of alkyl halides is 3. The fraction of sp³-hybridized carbons (Fsp3) is 0.167. The minimum absolute atomic E-state index is 0.0349. The number of hydrogen-bond acceptors (Lipinski definition) is 2. The molecule has 0 unspecified atom stereocenters. The maximum absolute atomic E-state index is 12.7. The second-order valence-corrected chi connectivity index (χ2v) is 6.94. The van der Waals surface area contributed by atoms with E-state index in [9.17, 15) is 13.2 Å². The molecular formula is C12H7BrCl2F3NS. The van der Waals surface area contributed by atoms with Gasteiger partial charge in [-0.1, -0.05) is 23.2 Å². The van der Waals surface area contributed by atoms with Crippen molar-refractivity contribution in [3.05, 3.63) is 48.5 Å². The summed E-state index contributed by atoms with van der Waals surface area (Å²) in [6, 6.07) is 5.18. The molecule has 0 spiro atoms. The average Bonchev–Trinajstić information content (AvgIpc) is 2.65. The summed E-state index contributed by atoms with van der Waals surface area (Å²) in [6.45, 7) is 0.369. The van der Waals surface area contributed by atoms with Gasteiger partial charge in [0.2, 0.25) is 0 Å². The summed E-state index contributed by atoms with van der Waals surface area (Å²) in [5, 5.41) is 2.94. The molecule has 108 valence electrons. The monoisotopic (exact) mass is 403 g/mol. The van der Waals surface area contributed by atoms with Crippen LogP contribution in [0.5, 0.6) is 0 Å². The van der Waals surface area contributed by atoms with Crippen molar-refractivity contribution < 1.29 is 13.2 Å². The number of hydrogen-bond donors (Lipinski definition) is 1. The van der Waals surface area contributed by atoms with E-state index in [0.29, 0.717) is 16.6 Å². The Labute approximate surface area is 135 Å². The van der Waals surface area contributed by atoms with E-state index in [0.717, 1.165) is 21.5 Å². The highest BCUT2D eigenvalue weighted by atomic mass is 79.9. The molecule has 1 aromatic heterocycles. The Morgan fingerprint density at radius 1 is 1.15 bits per heavy atom. The van der Waals surface area contributed by atoms with E-state index in [-0.39, 0.29) is 5.02 Å². The van der Waals surface area contributed by atoms with Crippen molar-refractivity contribution in [1.82, 2.24) is 0 Å². The van der Waals surface area contributed by atoms with Crippen LogP contribution in [0.4, 0.5) is 18.9 Å². The Hall–Kier alpha value is -0.430. The quantitative estimate of drug-likeness (QED) is 0.619. The fourth-order valence-electron chi connectivity index (χ4n) is 1.52. The number of benzene rings is 1. The molecule has 0 aliphatic heterocycles. The first-order chi connectivity index (χ1) is 9.25. The van der Waals surface area contributed by atoms with Gasteiger partial charge in [-0.15, -0.1) is 11.3 Å². The molecule has 0 saturated carbocycles. The van der Waals surface area contributed by atoms with Gasteiger partial charge < -0.3 is 5.32 Å². The van der Waals surface area contributed by atoms with Crippen molar-refractivity contribution in [2.45, 2.75) is 12.7 Å². The summed E-state index contributed by atoms with van der Waals surface area (Å²) >= 11 is 16.2. The molecule has 0 radical (unpaired) electrons. The van der Waals surface area contributed by atoms with Crippen molar-refractivity contribution in [2.24, 2.45) is 0 Å². The Morgan fingerprint density at radius 2 is 1.85 bits per heavy atom. The minimum atomic E-state index is -4.42. The molecule has 1 aromatic carbocycles. The first kappa shape index (κ1) is 15.9. The van der Waals surface area contributed by atoms with E-state index < -0.39 is 11.7 Å². The van der Waals surface area contributed by atoms with Crippen molar-refractivity contribution in [3.8, 4) is 0 Å². The molecule has 2 rings (SSSR count). The lowest BCUT2D eigenvalue weighted by Crippen LogP contribution is -2.06. The standard InChI is InChI=1S/C12H7BrCl2F3NS/c13-10-4-9(20-11(10)15)5-19-8-2-6(12(16,17)18)1-7(14)3-8/h1-4,19H,5H2. The van der Waals surface area contributed by atoms with E-state index in [2.05, 4.69) is 21.2 Å². The van der Waals surface area contributed by atoms with Crippen LogP contribution in [0.1, 0.15) is 10.4 Å². The number of anilines is 1. The van der Waals surface area contributed by atoms with Gasteiger partial charge in [0.15, 0.2) is 0 Å². The predicted octanol–water partition coefficient (Wildman–Crippen LogP) is 6.45. The molecule has 0 fully saturated rings. The third-order valence-electron chi connectivity index (χ3n) is 2.39. The fourth-order valence-corrected chi connectivity index (χ4v) is 3.49. The molecule has 0 bridgehead atoms. The second-order valence-electron chi connectivity index (χ2n) is 3.91. The highest BCUT2D eigenvalue weighted by Crippen LogP contribution is 2.35. The van der Waals surface area contributed by atoms with Crippen LogP contribution >= 0.6 is 50.5 Å². The van der Waals surface area contributed by atoms with Crippen LogP contribution in [0.3, 0.4) is 0 Å². The van der Waals surface area contributed by atoms with Gasteiger partial charge in [0.1, 0.15) is 4.34 Å². The summed E-state index contributed by atoms with van der Waals surface area (Å²) in [5.74, 6) is 0. The Morgan fingerprint density at radius 3 is 2.40 bits per heavy atom. The molecular weight excluding hydrogens is 398 g/mol. The Kier molecular flexibility index (Phi) is 4.89. The number of halogens is 6. The predicted molar refractivity (Wildman–Crippen MR) is 80.8 cm³/mol. The van der Waals surface area contributed by atoms with E-state index in [1.807, 2.05) is 6.07 Å². The number of rotatable bonds is 3. The maximum Gasteiger partial charge on any atom is 0.416 e. The summed E-state index contributed by atoms with van der Waals surface area (Å²) in [5.41, 5.74) is -0.469. The summed E-state index contributed by atoms with van der Waals surface area (Å²) < 4.78 is 39.3. The highest BCUT2D eigenvalue weighted by molar-refractivity contribution is 9.10. The van der Waals surface area contributed by atoms with E-state index >= 15 is 0 Å².